The number of hydrogen-bond acceptors (Lipinski definition) is 5. The first kappa shape index (κ1) is 21.3. The highest BCUT2D eigenvalue weighted by molar-refractivity contribution is 5.95. The molecule has 0 atom stereocenters. The van der Waals surface area contributed by atoms with Crippen LogP contribution in [0.4, 0.5) is 5.69 Å². The van der Waals surface area contributed by atoms with E-state index in [0.717, 1.165) is 16.8 Å². The van der Waals surface area contributed by atoms with Crippen molar-refractivity contribution < 1.29 is 4.79 Å². The molecule has 2 heterocycles. The fourth-order valence-corrected chi connectivity index (χ4v) is 3.55. The lowest BCUT2D eigenvalue weighted by atomic mass is 10.1. The third-order valence-electron chi connectivity index (χ3n) is 5.46. The van der Waals surface area contributed by atoms with Gasteiger partial charge < -0.3 is 10.2 Å². The van der Waals surface area contributed by atoms with E-state index in [1.165, 1.54) is 0 Å². The molecule has 0 fully saturated rings. The summed E-state index contributed by atoms with van der Waals surface area (Å²) in [6.07, 6.45) is 3.10. The van der Waals surface area contributed by atoms with Crippen LogP contribution in [0, 0.1) is 6.92 Å². The quantitative estimate of drug-likeness (QED) is 0.487. The molecule has 4 aromatic rings. The maximum atomic E-state index is 12.9. The minimum atomic E-state index is -0.154. The molecule has 32 heavy (non-hydrogen) atoms. The highest BCUT2D eigenvalue weighted by Gasteiger charge is 2.12. The Morgan fingerprint density at radius 1 is 1.12 bits per heavy atom. The molecule has 8 nitrogen and oxygen atoms in total. The van der Waals surface area contributed by atoms with Crippen LogP contribution in [0.2, 0.25) is 0 Å². The second-order valence-electron chi connectivity index (χ2n) is 7.91. The first-order valence-corrected chi connectivity index (χ1v) is 10.4. The molecule has 0 bridgehead atoms. The number of nitrogens with one attached hydrogen (secondary N) is 1. The van der Waals surface area contributed by atoms with Crippen LogP contribution in [0.25, 0.3) is 11.0 Å². The summed E-state index contributed by atoms with van der Waals surface area (Å²) in [5, 5.41) is 7.68. The Hall–Kier alpha value is -3.94. The van der Waals surface area contributed by atoms with Gasteiger partial charge in [-0.15, -0.1) is 0 Å². The van der Waals surface area contributed by atoms with Crippen molar-refractivity contribution in [3.8, 4) is 0 Å². The van der Waals surface area contributed by atoms with Crippen LogP contribution in [-0.2, 0) is 13.1 Å². The first-order valence-electron chi connectivity index (χ1n) is 10.4. The SMILES string of the molecule is Cc1ccccc1Cn1cnc2c(cnn2CCNC(=O)c2cccc(N(C)C)c2)c1=O. The van der Waals surface area contributed by atoms with E-state index in [4.69, 9.17) is 0 Å². The summed E-state index contributed by atoms with van der Waals surface area (Å²) in [6, 6.07) is 15.4. The van der Waals surface area contributed by atoms with E-state index in [1.807, 2.05) is 68.4 Å². The Labute approximate surface area is 186 Å². The van der Waals surface area contributed by atoms with E-state index < -0.39 is 0 Å². The van der Waals surface area contributed by atoms with Crippen LogP contribution >= 0.6 is 0 Å². The summed E-state index contributed by atoms with van der Waals surface area (Å²) in [5.74, 6) is -0.154. The van der Waals surface area contributed by atoms with Gasteiger partial charge in [0.25, 0.3) is 11.5 Å². The molecule has 2 aromatic carbocycles. The molecule has 0 saturated heterocycles. The molecule has 0 aliphatic heterocycles. The number of aryl methyl sites for hydroxylation is 1. The average molecular weight is 431 g/mol. The molecule has 2 aromatic heterocycles. The fraction of sp³-hybridized carbons (Fsp3) is 0.250. The van der Waals surface area contributed by atoms with Crippen LogP contribution < -0.4 is 15.8 Å². The van der Waals surface area contributed by atoms with E-state index in [2.05, 4.69) is 15.4 Å². The number of hydrogen-bond donors (Lipinski definition) is 1. The molecule has 1 N–H and O–H groups in total. The summed E-state index contributed by atoms with van der Waals surface area (Å²) < 4.78 is 3.24. The van der Waals surface area contributed by atoms with Crippen LogP contribution in [0.3, 0.4) is 0 Å². The van der Waals surface area contributed by atoms with E-state index in [9.17, 15) is 9.59 Å². The van der Waals surface area contributed by atoms with Gasteiger partial charge >= 0.3 is 0 Å². The second kappa shape index (κ2) is 9.05. The number of anilines is 1. The standard InChI is InChI=1S/C24H26N6O2/c1-17-7-4-5-8-19(17)15-29-16-26-22-21(24(29)32)14-27-30(22)12-11-25-23(31)18-9-6-10-20(13-18)28(2)3/h4-10,13-14,16H,11-12,15H2,1-3H3,(H,25,31). The van der Waals surface area contributed by atoms with E-state index in [-0.39, 0.29) is 11.5 Å². The molecule has 0 spiro atoms. The number of carbonyl (C=O) groups is 1. The van der Waals surface area contributed by atoms with E-state index >= 15 is 0 Å². The number of aromatic nitrogens is 4. The smallest absolute Gasteiger partial charge is 0.264 e. The van der Waals surface area contributed by atoms with Gasteiger partial charge in [-0.25, -0.2) is 9.67 Å². The lowest BCUT2D eigenvalue weighted by Gasteiger charge is -2.13. The molecule has 1 amide bonds. The first-order chi connectivity index (χ1) is 15.4. The predicted molar refractivity (Wildman–Crippen MR) is 125 cm³/mol. The van der Waals surface area contributed by atoms with Gasteiger partial charge in [-0.1, -0.05) is 30.3 Å². The zero-order chi connectivity index (χ0) is 22.7. The zero-order valence-corrected chi connectivity index (χ0v) is 18.4. The molecule has 8 heteroatoms. The normalized spacial score (nSPS) is 11.0. The molecule has 164 valence electrons. The third kappa shape index (κ3) is 4.39. The highest BCUT2D eigenvalue weighted by Crippen LogP contribution is 2.13. The summed E-state index contributed by atoms with van der Waals surface area (Å²) in [5.41, 5.74) is 4.14. The van der Waals surface area contributed by atoms with Crippen molar-refractivity contribution in [2.45, 2.75) is 20.0 Å². The number of rotatable bonds is 7. The minimum absolute atomic E-state index is 0.131. The number of nitrogens with zero attached hydrogens (tertiary/aromatic N) is 5. The number of fused-ring (bicyclic) bond motifs is 1. The summed E-state index contributed by atoms with van der Waals surface area (Å²) in [7, 11) is 3.86. The van der Waals surface area contributed by atoms with Crippen molar-refractivity contribution in [3.05, 3.63) is 88.1 Å². The van der Waals surface area contributed by atoms with Crippen LogP contribution in [0.1, 0.15) is 21.5 Å². The lowest BCUT2D eigenvalue weighted by molar-refractivity contribution is 0.0952. The molecular weight excluding hydrogens is 404 g/mol. The lowest BCUT2D eigenvalue weighted by Crippen LogP contribution is -2.28. The van der Waals surface area contributed by atoms with Gasteiger partial charge in [-0.05, 0) is 36.2 Å². The van der Waals surface area contributed by atoms with E-state index in [1.54, 1.807) is 27.8 Å². The molecule has 4 rings (SSSR count). The Bertz CT molecular complexity index is 1320. The van der Waals surface area contributed by atoms with E-state index in [0.29, 0.717) is 36.2 Å². The van der Waals surface area contributed by atoms with Gasteiger partial charge in [-0.3, -0.25) is 14.2 Å². The highest BCUT2D eigenvalue weighted by atomic mass is 16.1. The van der Waals surface area contributed by atoms with Gasteiger partial charge in [0.15, 0.2) is 5.65 Å². The largest absolute Gasteiger partial charge is 0.378 e. The van der Waals surface area contributed by atoms with Gasteiger partial charge in [0.05, 0.1) is 19.3 Å². The van der Waals surface area contributed by atoms with Crippen LogP contribution in [0.15, 0.2) is 65.8 Å². The van der Waals surface area contributed by atoms with Gasteiger partial charge in [-0.2, -0.15) is 5.10 Å². The molecule has 0 radical (unpaired) electrons. The summed E-state index contributed by atoms with van der Waals surface area (Å²) in [6.45, 7) is 3.27. The Balaban J connectivity index is 1.45. The van der Waals surface area contributed by atoms with Crippen molar-refractivity contribution >= 4 is 22.6 Å². The Morgan fingerprint density at radius 2 is 1.94 bits per heavy atom. The van der Waals surface area contributed by atoms with Gasteiger partial charge in [0.1, 0.15) is 11.7 Å². The molecule has 0 saturated carbocycles. The minimum Gasteiger partial charge on any atom is -0.378 e. The molecule has 0 aliphatic carbocycles. The van der Waals surface area contributed by atoms with Crippen LogP contribution in [0.5, 0.6) is 0 Å². The number of carbonyl (C=O) groups excluding carboxylic acids is 1. The van der Waals surface area contributed by atoms with Gasteiger partial charge in [0, 0.05) is 31.9 Å². The topological polar surface area (TPSA) is 85.1 Å². The predicted octanol–water partition coefficient (Wildman–Crippen LogP) is 2.45. The average Bonchev–Trinajstić information content (AvgIpc) is 3.21. The molecule has 0 aliphatic rings. The second-order valence-corrected chi connectivity index (χ2v) is 7.91. The van der Waals surface area contributed by atoms with Gasteiger partial charge in [0.2, 0.25) is 0 Å². The fourth-order valence-electron chi connectivity index (χ4n) is 3.55. The summed E-state index contributed by atoms with van der Waals surface area (Å²) in [4.78, 5) is 31.8. The Morgan fingerprint density at radius 3 is 2.72 bits per heavy atom. The monoisotopic (exact) mass is 430 g/mol. The maximum absolute atomic E-state index is 12.9. The van der Waals surface area contributed by atoms with Crippen molar-refractivity contribution in [3.63, 3.8) is 0 Å². The maximum Gasteiger partial charge on any atom is 0.264 e. The zero-order valence-electron chi connectivity index (χ0n) is 18.4. The third-order valence-corrected chi connectivity index (χ3v) is 5.46. The molecular formula is C24H26N6O2. The Kier molecular flexibility index (Phi) is 6.02. The summed E-state index contributed by atoms with van der Waals surface area (Å²) >= 11 is 0. The van der Waals surface area contributed by atoms with Crippen molar-refractivity contribution in [1.29, 1.82) is 0 Å². The number of amides is 1. The van der Waals surface area contributed by atoms with Crippen molar-refractivity contribution in [2.75, 3.05) is 25.5 Å². The van der Waals surface area contributed by atoms with Crippen molar-refractivity contribution in [1.82, 2.24) is 24.6 Å². The molecule has 0 unspecified atom stereocenters. The number of benzene rings is 2. The van der Waals surface area contributed by atoms with Crippen molar-refractivity contribution in [2.24, 2.45) is 0 Å². The van der Waals surface area contributed by atoms with Crippen LogP contribution in [-0.4, -0.2) is 45.9 Å².